The van der Waals surface area contributed by atoms with Gasteiger partial charge in [0.05, 0.1) is 12.6 Å². The Bertz CT molecular complexity index is 893. The molecule has 2 aromatic carbocycles. The number of rotatable bonds is 8. The van der Waals surface area contributed by atoms with Crippen molar-refractivity contribution in [3.63, 3.8) is 0 Å². The zero-order valence-electron chi connectivity index (χ0n) is 18.1. The van der Waals surface area contributed by atoms with E-state index in [1.807, 2.05) is 44.2 Å². The standard InChI is InChI=1S/C24H30N2O5/c1-3-29-20-7-5-19(6-8-20)26-23(27)17(2)25-15-24(10-12-28-13-11-24)18-4-9-21-22(14-18)31-16-30-21/h4-9,14,17,25H,3,10-13,15-16H2,1-2H3,(H,26,27). The molecule has 2 N–H and O–H groups in total. The summed E-state index contributed by atoms with van der Waals surface area (Å²) in [5.74, 6) is 2.28. The van der Waals surface area contributed by atoms with Crippen molar-refractivity contribution in [1.29, 1.82) is 0 Å². The highest BCUT2D eigenvalue weighted by Gasteiger charge is 2.36. The number of amides is 1. The summed E-state index contributed by atoms with van der Waals surface area (Å²) in [5.41, 5.74) is 1.82. The fraction of sp³-hybridized carbons (Fsp3) is 0.458. The third kappa shape index (κ3) is 4.94. The molecule has 1 unspecified atom stereocenters. The van der Waals surface area contributed by atoms with Crippen LogP contribution in [0.1, 0.15) is 32.3 Å². The summed E-state index contributed by atoms with van der Waals surface area (Å²) in [6.45, 7) is 6.77. The Kier molecular flexibility index (Phi) is 6.63. The molecule has 1 fully saturated rings. The van der Waals surface area contributed by atoms with Gasteiger partial charge in [0.2, 0.25) is 12.7 Å². The van der Waals surface area contributed by atoms with Crippen molar-refractivity contribution in [2.75, 3.05) is 38.5 Å². The van der Waals surface area contributed by atoms with E-state index in [1.165, 1.54) is 5.56 Å². The van der Waals surface area contributed by atoms with Crippen molar-refractivity contribution in [1.82, 2.24) is 5.32 Å². The number of hydrogen-bond acceptors (Lipinski definition) is 6. The van der Waals surface area contributed by atoms with E-state index < -0.39 is 0 Å². The van der Waals surface area contributed by atoms with Gasteiger partial charge < -0.3 is 29.6 Å². The Balaban J connectivity index is 1.40. The lowest BCUT2D eigenvalue weighted by Crippen LogP contribution is -2.48. The number of hydrogen-bond donors (Lipinski definition) is 2. The summed E-state index contributed by atoms with van der Waals surface area (Å²) in [6.07, 6.45) is 1.76. The number of nitrogens with one attached hydrogen (secondary N) is 2. The molecule has 0 bridgehead atoms. The van der Waals surface area contributed by atoms with Crippen LogP contribution in [0.25, 0.3) is 0 Å². The lowest BCUT2D eigenvalue weighted by molar-refractivity contribution is -0.117. The van der Waals surface area contributed by atoms with E-state index in [4.69, 9.17) is 18.9 Å². The second-order valence-corrected chi connectivity index (χ2v) is 8.01. The molecular weight excluding hydrogens is 396 g/mol. The van der Waals surface area contributed by atoms with E-state index in [2.05, 4.69) is 22.8 Å². The first-order chi connectivity index (χ1) is 15.1. The fourth-order valence-electron chi connectivity index (χ4n) is 4.05. The van der Waals surface area contributed by atoms with Crippen molar-refractivity contribution in [3.05, 3.63) is 48.0 Å². The van der Waals surface area contributed by atoms with Gasteiger partial charge in [-0.05, 0) is 68.7 Å². The van der Waals surface area contributed by atoms with Gasteiger partial charge in [0.1, 0.15) is 5.75 Å². The minimum Gasteiger partial charge on any atom is -0.494 e. The highest BCUT2D eigenvalue weighted by molar-refractivity contribution is 5.94. The second kappa shape index (κ2) is 9.58. The largest absolute Gasteiger partial charge is 0.494 e. The van der Waals surface area contributed by atoms with E-state index >= 15 is 0 Å². The van der Waals surface area contributed by atoms with Gasteiger partial charge >= 0.3 is 0 Å². The minimum absolute atomic E-state index is 0.0722. The van der Waals surface area contributed by atoms with Gasteiger partial charge in [-0.15, -0.1) is 0 Å². The minimum atomic E-state index is -0.347. The van der Waals surface area contributed by atoms with E-state index in [-0.39, 0.29) is 24.2 Å². The van der Waals surface area contributed by atoms with E-state index in [1.54, 1.807) is 0 Å². The van der Waals surface area contributed by atoms with Crippen molar-refractivity contribution in [3.8, 4) is 17.2 Å². The lowest BCUT2D eigenvalue weighted by Gasteiger charge is -2.38. The molecule has 0 aromatic heterocycles. The summed E-state index contributed by atoms with van der Waals surface area (Å²) < 4.78 is 22.1. The maximum Gasteiger partial charge on any atom is 0.241 e. The molecule has 2 aromatic rings. The molecule has 4 rings (SSSR count). The molecule has 2 aliphatic heterocycles. The molecule has 31 heavy (non-hydrogen) atoms. The lowest BCUT2D eigenvalue weighted by atomic mass is 9.74. The Labute approximate surface area is 183 Å². The molecule has 166 valence electrons. The highest BCUT2D eigenvalue weighted by Crippen LogP contribution is 2.40. The predicted octanol–water partition coefficient (Wildman–Crippen LogP) is 3.48. The van der Waals surface area contributed by atoms with Gasteiger partial charge in [-0.1, -0.05) is 6.07 Å². The summed E-state index contributed by atoms with van der Waals surface area (Å²) in [5, 5.41) is 6.41. The molecular formula is C24H30N2O5. The molecule has 0 radical (unpaired) electrons. The molecule has 0 aliphatic carbocycles. The Morgan fingerprint density at radius 1 is 1.10 bits per heavy atom. The summed E-state index contributed by atoms with van der Waals surface area (Å²) >= 11 is 0. The van der Waals surface area contributed by atoms with Gasteiger partial charge in [-0.2, -0.15) is 0 Å². The molecule has 2 aliphatic rings. The Morgan fingerprint density at radius 3 is 2.58 bits per heavy atom. The molecule has 1 atom stereocenters. The zero-order chi connectivity index (χ0) is 21.7. The van der Waals surface area contributed by atoms with Crippen LogP contribution in [0.3, 0.4) is 0 Å². The summed E-state index contributed by atoms with van der Waals surface area (Å²) in [4.78, 5) is 12.7. The SMILES string of the molecule is CCOc1ccc(NC(=O)C(C)NCC2(c3ccc4c(c3)OCO4)CCOCC2)cc1. The van der Waals surface area contributed by atoms with E-state index in [0.717, 1.165) is 35.8 Å². The number of benzene rings is 2. The Morgan fingerprint density at radius 2 is 1.84 bits per heavy atom. The molecule has 2 heterocycles. The van der Waals surface area contributed by atoms with Gasteiger partial charge in [0, 0.05) is 30.9 Å². The van der Waals surface area contributed by atoms with Crippen LogP contribution in [0.5, 0.6) is 17.2 Å². The second-order valence-electron chi connectivity index (χ2n) is 8.01. The summed E-state index contributed by atoms with van der Waals surface area (Å²) in [7, 11) is 0. The number of carbonyl (C=O) groups excluding carboxylic acids is 1. The first-order valence-corrected chi connectivity index (χ1v) is 10.8. The third-order valence-electron chi connectivity index (χ3n) is 6.01. The quantitative estimate of drug-likeness (QED) is 0.673. The average Bonchev–Trinajstić information content (AvgIpc) is 3.27. The zero-order valence-corrected chi connectivity index (χ0v) is 18.1. The predicted molar refractivity (Wildman–Crippen MR) is 118 cm³/mol. The molecule has 1 amide bonds. The Hall–Kier alpha value is -2.77. The van der Waals surface area contributed by atoms with Crippen LogP contribution < -0.4 is 24.8 Å². The van der Waals surface area contributed by atoms with Gasteiger partial charge in [0.25, 0.3) is 0 Å². The highest BCUT2D eigenvalue weighted by atomic mass is 16.7. The van der Waals surface area contributed by atoms with Crippen LogP contribution >= 0.6 is 0 Å². The maximum atomic E-state index is 12.7. The van der Waals surface area contributed by atoms with Crippen molar-refractivity contribution < 1.29 is 23.7 Å². The molecule has 7 heteroatoms. The third-order valence-corrected chi connectivity index (χ3v) is 6.01. The van der Waals surface area contributed by atoms with Crippen LogP contribution in [0.2, 0.25) is 0 Å². The first-order valence-electron chi connectivity index (χ1n) is 10.8. The normalized spacial score (nSPS) is 17.7. The molecule has 0 spiro atoms. The molecule has 1 saturated heterocycles. The number of carbonyl (C=O) groups is 1. The van der Waals surface area contributed by atoms with Crippen LogP contribution in [0, 0.1) is 0 Å². The topological polar surface area (TPSA) is 78.1 Å². The van der Waals surface area contributed by atoms with Gasteiger partial charge in [0.15, 0.2) is 11.5 Å². The fourth-order valence-corrected chi connectivity index (χ4v) is 4.05. The van der Waals surface area contributed by atoms with Crippen LogP contribution in [-0.2, 0) is 14.9 Å². The number of ether oxygens (including phenoxy) is 4. The summed E-state index contributed by atoms with van der Waals surface area (Å²) in [6, 6.07) is 13.2. The number of anilines is 1. The molecule has 0 saturated carbocycles. The monoisotopic (exact) mass is 426 g/mol. The molecule has 7 nitrogen and oxygen atoms in total. The van der Waals surface area contributed by atoms with E-state index in [0.29, 0.717) is 26.4 Å². The van der Waals surface area contributed by atoms with Crippen molar-refractivity contribution >= 4 is 11.6 Å². The van der Waals surface area contributed by atoms with Gasteiger partial charge in [-0.25, -0.2) is 0 Å². The smallest absolute Gasteiger partial charge is 0.241 e. The average molecular weight is 427 g/mol. The van der Waals surface area contributed by atoms with Crippen molar-refractivity contribution in [2.24, 2.45) is 0 Å². The number of fused-ring (bicyclic) bond motifs is 1. The maximum absolute atomic E-state index is 12.7. The van der Waals surface area contributed by atoms with Crippen LogP contribution in [0.15, 0.2) is 42.5 Å². The first kappa shape index (κ1) is 21.5. The van der Waals surface area contributed by atoms with E-state index in [9.17, 15) is 4.79 Å². The van der Waals surface area contributed by atoms with Crippen molar-refractivity contribution in [2.45, 2.75) is 38.1 Å². The van der Waals surface area contributed by atoms with Crippen LogP contribution in [0.4, 0.5) is 5.69 Å². The van der Waals surface area contributed by atoms with Gasteiger partial charge in [-0.3, -0.25) is 4.79 Å². The van der Waals surface area contributed by atoms with Crippen LogP contribution in [-0.4, -0.2) is 45.1 Å².